The van der Waals surface area contributed by atoms with Crippen LogP contribution in [-0.2, 0) is 22.7 Å². The second-order valence-corrected chi connectivity index (χ2v) is 9.23. The van der Waals surface area contributed by atoms with E-state index in [1.807, 2.05) is 60.7 Å². The average molecular weight is 511 g/mol. The Morgan fingerprint density at radius 3 is 2.44 bits per heavy atom. The van der Waals surface area contributed by atoms with Crippen LogP contribution < -0.4 is 19.7 Å². The molecule has 0 radical (unpaired) electrons. The van der Waals surface area contributed by atoms with E-state index in [1.54, 1.807) is 7.11 Å². The molecular weight excluding hydrogens is 476 g/mol. The summed E-state index contributed by atoms with van der Waals surface area (Å²) >= 11 is 6.01. The van der Waals surface area contributed by atoms with Crippen molar-refractivity contribution in [2.45, 2.75) is 25.7 Å². The van der Waals surface area contributed by atoms with Crippen LogP contribution in [0.25, 0.3) is 0 Å². The summed E-state index contributed by atoms with van der Waals surface area (Å²) < 4.78 is 22.9. The zero-order valence-corrected chi connectivity index (χ0v) is 21.6. The van der Waals surface area contributed by atoms with Crippen molar-refractivity contribution in [3.8, 4) is 11.5 Å². The van der Waals surface area contributed by atoms with Crippen LogP contribution >= 0.6 is 11.6 Å². The number of hydrogen-bond acceptors (Lipinski definition) is 6. The van der Waals surface area contributed by atoms with Crippen LogP contribution in [0, 0.1) is 0 Å². The van der Waals surface area contributed by atoms with Gasteiger partial charge in [-0.05, 0) is 59.7 Å². The Hall–Kier alpha value is -2.77. The maximum Gasteiger partial charge on any atom is 0.119 e. The highest BCUT2D eigenvalue weighted by molar-refractivity contribution is 6.30. The van der Waals surface area contributed by atoms with E-state index in [4.69, 9.17) is 30.5 Å². The summed E-state index contributed by atoms with van der Waals surface area (Å²) in [5.74, 6) is 1.73. The molecular formula is C29H35ClN2O4. The lowest BCUT2D eigenvalue weighted by molar-refractivity contribution is 0.102. The topological polar surface area (TPSA) is 52.2 Å². The Kier molecular flexibility index (Phi) is 10.3. The van der Waals surface area contributed by atoms with Gasteiger partial charge in [-0.25, -0.2) is 0 Å². The number of methoxy groups -OCH3 is 1. The lowest BCUT2D eigenvalue weighted by atomic mass is 10.1. The van der Waals surface area contributed by atoms with Crippen molar-refractivity contribution in [2.75, 3.05) is 51.5 Å². The Bertz CT molecular complexity index is 1050. The molecule has 0 aliphatic carbocycles. The minimum atomic E-state index is 0.278. The number of piperazine rings is 1. The van der Waals surface area contributed by atoms with Gasteiger partial charge in [0.05, 0.1) is 46.2 Å². The highest BCUT2D eigenvalue weighted by Crippen LogP contribution is 2.23. The fourth-order valence-corrected chi connectivity index (χ4v) is 4.40. The molecule has 4 rings (SSSR count). The van der Waals surface area contributed by atoms with Gasteiger partial charge in [0.2, 0.25) is 0 Å². The number of hydrogen-bond donors (Lipinski definition) is 1. The van der Waals surface area contributed by atoms with E-state index in [9.17, 15) is 0 Å². The lowest BCUT2D eigenvalue weighted by Crippen LogP contribution is -2.53. The van der Waals surface area contributed by atoms with Gasteiger partial charge in [-0.3, -0.25) is 0 Å². The third-order valence-electron chi connectivity index (χ3n) is 6.12. The predicted molar refractivity (Wildman–Crippen MR) is 144 cm³/mol. The molecule has 1 saturated heterocycles. The molecule has 3 aromatic rings. The maximum atomic E-state index is 6.06. The van der Waals surface area contributed by atoms with Crippen LogP contribution in [-0.4, -0.2) is 52.6 Å². The van der Waals surface area contributed by atoms with Gasteiger partial charge < -0.3 is 29.2 Å². The van der Waals surface area contributed by atoms with Crippen molar-refractivity contribution in [1.82, 2.24) is 5.32 Å². The van der Waals surface area contributed by atoms with Gasteiger partial charge >= 0.3 is 0 Å². The van der Waals surface area contributed by atoms with Crippen molar-refractivity contribution >= 4 is 17.3 Å². The minimum absolute atomic E-state index is 0.278. The fraction of sp³-hybridized carbons (Fsp3) is 0.379. The van der Waals surface area contributed by atoms with Gasteiger partial charge in [0.15, 0.2) is 0 Å². The molecule has 192 valence electrons. The summed E-state index contributed by atoms with van der Waals surface area (Å²) in [5.41, 5.74) is 3.41. The zero-order valence-electron chi connectivity index (χ0n) is 20.8. The van der Waals surface area contributed by atoms with Crippen LogP contribution in [0.2, 0.25) is 5.02 Å². The highest BCUT2D eigenvalue weighted by Gasteiger charge is 2.22. The van der Waals surface area contributed by atoms with Crippen molar-refractivity contribution in [1.29, 1.82) is 0 Å². The molecule has 3 aromatic carbocycles. The van der Waals surface area contributed by atoms with Crippen LogP contribution in [0.3, 0.4) is 0 Å². The van der Waals surface area contributed by atoms with Gasteiger partial charge in [0, 0.05) is 36.8 Å². The van der Waals surface area contributed by atoms with Crippen molar-refractivity contribution in [3.63, 3.8) is 0 Å². The van der Waals surface area contributed by atoms with Gasteiger partial charge in [0.25, 0.3) is 0 Å². The quantitative estimate of drug-likeness (QED) is 0.314. The van der Waals surface area contributed by atoms with E-state index in [2.05, 4.69) is 22.3 Å². The number of anilines is 1. The predicted octanol–water partition coefficient (Wildman–Crippen LogP) is 5.33. The first-order valence-corrected chi connectivity index (χ1v) is 12.8. The number of rotatable bonds is 13. The second kappa shape index (κ2) is 14.1. The molecule has 0 aromatic heterocycles. The Balaban J connectivity index is 1.18. The van der Waals surface area contributed by atoms with E-state index in [0.717, 1.165) is 53.7 Å². The van der Waals surface area contributed by atoms with Crippen LogP contribution in [0.15, 0.2) is 72.8 Å². The molecule has 0 amide bonds. The molecule has 1 N–H and O–H groups in total. The molecule has 0 saturated carbocycles. The lowest BCUT2D eigenvalue weighted by Gasteiger charge is -2.38. The van der Waals surface area contributed by atoms with E-state index >= 15 is 0 Å². The van der Waals surface area contributed by atoms with E-state index in [1.165, 1.54) is 5.69 Å². The molecule has 0 bridgehead atoms. The standard InChI is InChI=1S/C29H35ClN2O4/c1-33-28-10-6-23(7-11-28)20-35-22-27-19-31-14-15-32(27)26-8-12-29(13-9-26)36-17-3-16-34-21-24-4-2-5-25(30)18-24/h2,4-13,18,27,31H,3,14-17,19-22H2,1H3/t27-/m1/s1. The second-order valence-electron chi connectivity index (χ2n) is 8.79. The average Bonchev–Trinajstić information content (AvgIpc) is 2.92. The summed E-state index contributed by atoms with van der Waals surface area (Å²) in [6, 6.07) is 24.4. The van der Waals surface area contributed by atoms with Crippen LogP contribution in [0.5, 0.6) is 11.5 Å². The maximum absolute atomic E-state index is 6.06. The Labute approximate surface area is 219 Å². The highest BCUT2D eigenvalue weighted by atomic mass is 35.5. The van der Waals surface area contributed by atoms with Crippen LogP contribution in [0.4, 0.5) is 5.69 Å². The van der Waals surface area contributed by atoms with E-state index in [-0.39, 0.29) is 6.04 Å². The Morgan fingerprint density at radius 2 is 1.67 bits per heavy atom. The molecule has 1 aliphatic rings. The molecule has 1 heterocycles. The largest absolute Gasteiger partial charge is 0.497 e. The summed E-state index contributed by atoms with van der Waals surface area (Å²) in [5, 5.41) is 4.22. The third kappa shape index (κ3) is 8.14. The molecule has 6 nitrogen and oxygen atoms in total. The molecule has 1 fully saturated rings. The SMILES string of the molecule is COc1ccc(COC[C@H]2CNCCN2c2ccc(OCCCOCc3cccc(Cl)c3)cc2)cc1. The molecule has 1 atom stereocenters. The van der Waals surface area contributed by atoms with Crippen LogP contribution in [0.1, 0.15) is 17.5 Å². The molecule has 36 heavy (non-hydrogen) atoms. The summed E-state index contributed by atoms with van der Waals surface area (Å²) in [4.78, 5) is 2.41. The van der Waals surface area contributed by atoms with E-state index < -0.39 is 0 Å². The van der Waals surface area contributed by atoms with E-state index in [0.29, 0.717) is 33.0 Å². The number of benzene rings is 3. The van der Waals surface area contributed by atoms with Gasteiger partial charge in [-0.15, -0.1) is 0 Å². The molecule has 1 aliphatic heterocycles. The number of nitrogens with one attached hydrogen (secondary N) is 1. The smallest absolute Gasteiger partial charge is 0.119 e. The molecule has 7 heteroatoms. The summed E-state index contributed by atoms with van der Waals surface area (Å²) in [6.07, 6.45) is 0.827. The summed E-state index contributed by atoms with van der Waals surface area (Å²) in [7, 11) is 1.68. The molecule has 0 spiro atoms. The first-order valence-electron chi connectivity index (χ1n) is 12.4. The first kappa shape index (κ1) is 26.3. The summed E-state index contributed by atoms with van der Waals surface area (Å²) in [6.45, 7) is 5.87. The monoisotopic (exact) mass is 510 g/mol. The van der Waals surface area contributed by atoms with Gasteiger partial charge in [0.1, 0.15) is 11.5 Å². The zero-order chi connectivity index (χ0) is 25.0. The van der Waals surface area contributed by atoms with Crippen molar-refractivity contribution in [3.05, 3.63) is 88.9 Å². The third-order valence-corrected chi connectivity index (χ3v) is 6.35. The fourth-order valence-electron chi connectivity index (χ4n) is 4.19. The number of nitrogens with zero attached hydrogens (tertiary/aromatic N) is 1. The number of halogens is 1. The molecule has 0 unspecified atom stereocenters. The Morgan fingerprint density at radius 1 is 0.889 bits per heavy atom. The number of ether oxygens (including phenoxy) is 4. The van der Waals surface area contributed by atoms with Crippen molar-refractivity contribution in [2.24, 2.45) is 0 Å². The van der Waals surface area contributed by atoms with Crippen molar-refractivity contribution < 1.29 is 18.9 Å². The van der Waals surface area contributed by atoms with Gasteiger partial charge in [-0.2, -0.15) is 0 Å². The minimum Gasteiger partial charge on any atom is -0.497 e. The first-order chi connectivity index (χ1) is 17.7. The van der Waals surface area contributed by atoms with Gasteiger partial charge in [-0.1, -0.05) is 35.9 Å². The normalized spacial score (nSPS) is 15.6.